The van der Waals surface area contributed by atoms with E-state index in [4.69, 9.17) is 9.47 Å². The van der Waals surface area contributed by atoms with Crippen LogP contribution in [0.2, 0.25) is 0 Å². The lowest BCUT2D eigenvalue weighted by atomic mass is 9.99. The number of nitrogens with one attached hydrogen (secondary N) is 5. The summed E-state index contributed by atoms with van der Waals surface area (Å²) in [6, 6.07) is 10.6. The maximum absolute atomic E-state index is 13.5. The van der Waals surface area contributed by atoms with Crippen LogP contribution in [-0.2, 0) is 25.6 Å². The van der Waals surface area contributed by atoms with Crippen molar-refractivity contribution in [2.75, 3.05) is 20.3 Å². The van der Waals surface area contributed by atoms with Gasteiger partial charge in [0.2, 0.25) is 23.6 Å². The topological polar surface area (TPSA) is 164 Å². The quantitative estimate of drug-likeness (QED) is 0.277. The molecule has 0 fully saturated rings. The van der Waals surface area contributed by atoms with E-state index in [0.717, 1.165) is 11.3 Å². The maximum Gasteiger partial charge on any atom is 0.255 e. The molecule has 0 saturated heterocycles. The van der Waals surface area contributed by atoms with Crippen LogP contribution in [0.3, 0.4) is 0 Å². The van der Waals surface area contributed by atoms with Crippen molar-refractivity contribution in [3.8, 4) is 11.5 Å². The summed E-state index contributed by atoms with van der Waals surface area (Å²) in [6.45, 7) is 9.25. The Morgan fingerprint density at radius 3 is 2.28 bits per heavy atom. The molecule has 4 atom stereocenters. The average molecular weight is 638 g/mol. The molecule has 5 amide bonds. The predicted molar refractivity (Wildman–Crippen MR) is 173 cm³/mol. The maximum atomic E-state index is 13.5. The zero-order chi connectivity index (χ0) is 33.8. The lowest BCUT2D eigenvalue weighted by Crippen LogP contribution is -2.58. The SMILES string of the molecule is COc1cccc(CCCNC(=O)[C@@H]2CC(=O)N[C@@H](C(C)C)C(=O)N[C@H](C(C)C)C(=O)N[C@@H](C)COc3ccccc3C(=O)N2)c1. The van der Waals surface area contributed by atoms with Gasteiger partial charge in [0, 0.05) is 6.54 Å². The molecule has 1 aliphatic rings. The predicted octanol–water partition coefficient (Wildman–Crippen LogP) is 2.11. The van der Waals surface area contributed by atoms with Crippen molar-refractivity contribution in [1.29, 1.82) is 0 Å². The molecular formula is C34H47N5O7. The third-order valence-corrected chi connectivity index (χ3v) is 7.61. The van der Waals surface area contributed by atoms with Crippen LogP contribution in [0, 0.1) is 11.8 Å². The van der Waals surface area contributed by atoms with Crippen molar-refractivity contribution >= 4 is 29.5 Å². The van der Waals surface area contributed by atoms with Gasteiger partial charge in [0.15, 0.2) is 0 Å². The van der Waals surface area contributed by atoms with E-state index in [0.29, 0.717) is 19.4 Å². The van der Waals surface area contributed by atoms with E-state index >= 15 is 0 Å². The van der Waals surface area contributed by atoms with Crippen LogP contribution in [0.25, 0.3) is 0 Å². The number of hydrogen-bond donors (Lipinski definition) is 5. The fourth-order valence-electron chi connectivity index (χ4n) is 5.00. The molecule has 0 aromatic heterocycles. The normalized spacial score (nSPS) is 21.6. The molecule has 0 unspecified atom stereocenters. The van der Waals surface area contributed by atoms with E-state index in [1.54, 1.807) is 52.1 Å². The molecule has 1 aliphatic heterocycles. The summed E-state index contributed by atoms with van der Waals surface area (Å²) in [5, 5.41) is 13.9. The number of fused-ring (bicyclic) bond motifs is 1. The van der Waals surface area contributed by atoms with Crippen LogP contribution in [0.5, 0.6) is 11.5 Å². The second-order valence-electron chi connectivity index (χ2n) is 12.2. The number of hydrogen-bond acceptors (Lipinski definition) is 7. The summed E-state index contributed by atoms with van der Waals surface area (Å²) < 4.78 is 11.2. The third kappa shape index (κ3) is 10.5. The van der Waals surface area contributed by atoms with Gasteiger partial charge in [-0.2, -0.15) is 0 Å². The van der Waals surface area contributed by atoms with Crippen LogP contribution < -0.4 is 36.1 Å². The first kappa shape index (κ1) is 35.9. The molecule has 3 rings (SSSR count). The van der Waals surface area contributed by atoms with Gasteiger partial charge in [-0.1, -0.05) is 52.0 Å². The van der Waals surface area contributed by atoms with Gasteiger partial charge in [-0.15, -0.1) is 0 Å². The standard InChI is InChI=1S/C34H47N5O7/c1-20(2)29-34(44)39-30(21(3)4)33(43)36-22(5)19-46-27-15-8-7-14-25(27)31(41)37-26(18-28(40)38-29)32(42)35-16-10-12-23-11-9-13-24(17-23)45-6/h7-9,11,13-15,17,20-22,26,29-30H,10,12,16,18-19H2,1-6H3,(H,35,42)(H,36,43)(H,37,41)(H,38,40)(H,39,44)/t22-,26-,29-,30+/m0/s1. The number of benzene rings is 2. The van der Waals surface area contributed by atoms with Crippen LogP contribution in [0.1, 0.15) is 63.4 Å². The Labute approximate surface area is 270 Å². The van der Waals surface area contributed by atoms with E-state index in [1.165, 1.54) is 0 Å². The highest BCUT2D eigenvalue weighted by molar-refractivity contribution is 6.01. The Morgan fingerprint density at radius 1 is 0.913 bits per heavy atom. The van der Waals surface area contributed by atoms with Gasteiger partial charge < -0.3 is 36.1 Å². The molecule has 0 radical (unpaired) electrons. The van der Waals surface area contributed by atoms with Crippen molar-refractivity contribution in [3.63, 3.8) is 0 Å². The average Bonchev–Trinajstić information content (AvgIpc) is 3.02. The number of methoxy groups -OCH3 is 1. The van der Waals surface area contributed by atoms with Crippen molar-refractivity contribution in [2.45, 2.75) is 78.0 Å². The highest BCUT2D eigenvalue weighted by Crippen LogP contribution is 2.19. The molecule has 2 aromatic rings. The summed E-state index contributed by atoms with van der Waals surface area (Å²) in [7, 11) is 1.60. The molecule has 46 heavy (non-hydrogen) atoms. The third-order valence-electron chi connectivity index (χ3n) is 7.61. The second kappa shape index (κ2) is 17.2. The number of amides is 5. The van der Waals surface area contributed by atoms with Gasteiger partial charge in [-0.05, 0) is 61.4 Å². The molecule has 0 spiro atoms. The minimum atomic E-state index is -1.24. The number of carbonyl (C=O) groups excluding carboxylic acids is 5. The van der Waals surface area contributed by atoms with Gasteiger partial charge in [0.05, 0.1) is 25.1 Å². The Morgan fingerprint density at radius 2 is 1.59 bits per heavy atom. The second-order valence-corrected chi connectivity index (χ2v) is 12.2. The number of ether oxygens (including phenoxy) is 2. The highest BCUT2D eigenvalue weighted by atomic mass is 16.5. The smallest absolute Gasteiger partial charge is 0.255 e. The fourth-order valence-corrected chi connectivity index (χ4v) is 5.00. The van der Waals surface area contributed by atoms with E-state index < -0.39 is 60.1 Å². The van der Waals surface area contributed by atoms with Gasteiger partial charge in [0.25, 0.3) is 5.91 Å². The first-order chi connectivity index (χ1) is 21.9. The van der Waals surface area contributed by atoms with Crippen LogP contribution in [0.4, 0.5) is 0 Å². The number of para-hydroxylation sites is 1. The van der Waals surface area contributed by atoms with Crippen molar-refractivity contribution in [3.05, 3.63) is 59.7 Å². The van der Waals surface area contributed by atoms with Crippen LogP contribution in [-0.4, -0.2) is 74.0 Å². The summed E-state index contributed by atoms with van der Waals surface area (Å²) >= 11 is 0. The minimum Gasteiger partial charge on any atom is -0.497 e. The molecule has 5 N–H and O–H groups in total. The zero-order valence-corrected chi connectivity index (χ0v) is 27.5. The number of carbonyl (C=O) groups is 5. The Balaban J connectivity index is 1.85. The number of aryl methyl sites for hydroxylation is 1. The van der Waals surface area contributed by atoms with E-state index in [1.807, 2.05) is 38.1 Å². The summed E-state index contributed by atoms with van der Waals surface area (Å²) in [4.78, 5) is 66.7. The molecular weight excluding hydrogens is 590 g/mol. The van der Waals surface area contributed by atoms with Gasteiger partial charge in [0.1, 0.15) is 36.2 Å². The van der Waals surface area contributed by atoms with Gasteiger partial charge >= 0.3 is 0 Å². The Hall–Kier alpha value is -4.61. The highest BCUT2D eigenvalue weighted by Gasteiger charge is 2.33. The molecule has 0 bridgehead atoms. The van der Waals surface area contributed by atoms with Gasteiger partial charge in [-0.3, -0.25) is 24.0 Å². The van der Waals surface area contributed by atoms with Crippen molar-refractivity contribution < 1.29 is 33.4 Å². The van der Waals surface area contributed by atoms with Crippen molar-refractivity contribution in [1.82, 2.24) is 26.6 Å². The molecule has 0 aliphatic carbocycles. The van der Waals surface area contributed by atoms with E-state index in [9.17, 15) is 24.0 Å². The largest absolute Gasteiger partial charge is 0.497 e. The lowest BCUT2D eigenvalue weighted by molar-refractivity contribution is -0.134. The first-order valence-electron chi connectivity index (χ1n) is 15.7. The van der Waals surface area contributed by atoms with Crippen LogP contribution >= 0.6 is 0 Å². The Bertz CT molecular complexity index is 1380. The number of rotatable bonds is 8. The molecule has 1 heterocycles. The first-order valence-corrected chi connectivity index (χ1v) is 15.7. The summed E-state index contributed by atoms with van der Waals surface area (Å²) in [5.74, 6) is -2.28. The molecule has 2 aromatic carbocycles. The molecule has 0 saturated carbocycles. The molecule has 12 heteroatoms. The Kier molecular flexibility index (Phi) is 13.4. The lowest BCUT2D eigenvalue weighted by Gasteiger charge is -2.28. The summed E-state index contributed by atoms with van der Waals surface area (Å²) in [5.41, 5.74) is 1.21. The zero-order valence-electron chi connectivity index (χ0n) is 27.5. The fraction of sp³-hybridized carbons (Fsp3) is 0.500. The summed E-state index contributed by atoms with van der Waals surface area (Å²) in [6.07, 6.45) is 0.871. The monoisotopic (exact) mass is 637 g/mol. The van der Waals surface area contributed by atoms with E-state index in [2.05, 4.69) is 26.6 Å². The minimum absolute atomic E-state index is 0.0423. The van der Waals surface area contributed by atoms with Crippen LogP contribution in [0.15, 0.2) is 48.5 Å². The molecule has 12 nitrogen and oxygen atoms in total. The molecule has 250 valence electrons. The van der Waals surface area contributed by atoms with Gasteiger partial charge in [-0.25, -0.2) is 0 Å². The van der Waals surface area contributed by atoms with Crippen molar-refractivity contribution in [2.24, 2.45) is 11.8 Å². The van der Waals surface area contributed by atoms with E-state index in [-0.39, 0.29) is 29.8 Å².